The fourth-order valence-corrected chi connectivity index (χ4v) is 4.83. The van der Waals surface area contributed by atoms with Crippen molar-refractivity contribution >= 4 is 27.5 Å². The minimum Gasteiger partial charge on any atom is -0.354 e. The first-order valence-electron chi connectivity index (χ1n) is 11.6. The topological polar surface area (TPSA) is 86.8 Å². The third-order valence-electron chi connectivity index (χ3n) is 5.97. The molecule has 0 aromatic heterocycles. The number of benzene rings is 2. The number of hydrogen-bond acceptors (Lipinski definition) is 4. The second kappa shape index (κ2) is 12.0. The number of anilines is 1. The van der Waals surface area contributed by atoms with Crippen LogP contribution in [0.2, 0.25) is 0 Å². The molecule has 0 saturated heterocycles. The van der Waals surface area contributed by atoms with Crippen LogP contribution in [0.5, 0.6) is 0 Å². The summed E-state index contributed by atoms with van der Waals surface area (Å²) in [4.78, 5) is 28.0. The lowest BCUT2D eigenvalue weighted by molar-refractivity contribution is -0.139. The van der Waals surface area contributed by atoms with Gasteiger partial charge < -0.3 is 10.2 Å². The van der Waals surface area contributed by atoms with Crippen molar-refractivity contribution in [1.29, 1.82) is 0 Å². The number of nitrogens with zero attached hydrogens (tertiary/aromatic N) is 2. The minimum absolute atomic E-state index is 0.207. The molecule has 0 fully saturated rings. The molecule has 2 rings (SSSR count). The highest BCUT2D eigenvalue weighted by Gasteiger charge is 2.31. The summed E-state index contributed by atoms with van der Waals surface area (Å²) in [5.74, 6) is -0.692. The molecule has 0 aliphatic carbocycles. The Morgan fingerprint density at radius 3 is 2.12 bits per heavy atom. The van der Waals surface area contributed by atoms with Crippen molar-refractivity contribution < 1.29 is 18.0 Å². The molecule has 0 radical (unpaired) electrons. The van der Waals surface area contributed by atoms with E-state index in [0.717, 1.165) is 45.7 Å². The molecule has 1 atom stereocenters. The van der Waals surface area contributed by atoms with Gasteiger partial charge in [-0.2, -0.15) is 0 Å². The molecule has 2 aromatic carbocycles. The molecule has 2 aromatic rings. The fourth-order valence-electron chi connectivity index (χ4n) is 3.86. The molecule has 0 aliphatic rings. The molecule has 2 amide bonds. The molecule has 7 nitrogen and oxygen atoms in total. The number of unbranched alkanes of at least 4 members (excludes halogenated alkanes) is 1. The van der Waals surface area contributed by atoms with Crippen LogP contribution in [-0.2, 0) is 26.2 Å². The number of carbonyl (C=O) groups excluding carboxylic acids is 2. The molecule has 0 aliphatic heterocycles. The van der Waals surface area contributed by atoms with Crippen LogP contribution in [0.1, 0.15) is 48.9 Å². The number of hydrogen-bond donors (Lipinski definition) is 1. The predicted molar refractivity (Wildman–Crippen MR) is 137 cm³/mol. The van der Waals surface area contributed by atoms with E-state index in [1.54, 1.807) is 6.92 Å². The van der Waals surface area contributed by atoms with Crippen LogP contribution in [0, 0.1) is 20.8 Å². The van der Waals surface area contributed by atoms with Gasteiger partial charge in [0.2, 0.25) is 21.8 Å². The van der Waals surface area contributed by atoms with E-state index in [-0.39, 0.29) is 19.0 Å². The van der Waals surface area contributed by atoms with Crippen LogP contribution >= 0.6 is 0 Å². The van der Waals surface area contributed by atoms with Crippen molar-refractivity contribution in [2.75, 3.05) is 23.7 Å². The van der Waals surface area contributed by atoms with Gasteiger partial charge in [0, 0.05) is 13.1 Å². The molecule has 1 N–H and O–H groups in total. The first-order valence-corrected chi connectivity index (χ1v) is 13.5. The van der Waals surface area contributed by atoms with E-state index in [1.165, 1.54) is 4.90 Å². The standard InChI is InChI=1S/C26H37N3O4S/c1-7-8-16-27-26(31)22(5)28(17-23-15-10-9-12-19(23)2)24(30)18-29(34(6,32)33)25-20(3)13-11-14-21(25)4/h9-15,22H,7-8,16-18H2,1-6H3,(H,27,31)/t22-/m0/s1. The highest BCUT2D eigenvalue weighted by Crippen LogP contribution is 2.27. The first-order chi connectivity index (χ1) is 16.0. The average Bonchev–Trinajstić information content (AvgIpc) is 2.76. The highest BCUT2D eigenvalue weighted by atomic mass is 32.2. The van der Waals surface area contributed by atoms with E-state index in [0.29, 0.717) is 12.2 Å². The quantitative estimate of drug-likeness (QED) is 0.490. The third-order valence-corrected chi connectivity index (χ3v) is 7.08. The highest BCUT2D eigenvalue weighted by molar-refractivity contribution is 7.92. The van der Waals surface area contributed by atoms with Crippen molar-refractivity contribution in [2.45, 2.75) is 60.0 Å². The normalized spacial score (nSPS) is 12.2. The summed E-state index contributed by atoms with van der Waals surface area (Å²) in [6.07, 6.45) is 2.89. The maximum absolute atomic E-state index is 13.6. The zero-order valence-electron chi connectivity index (χ0n) is 21.1. The van der Waals surface area contributed by atoms with Crippen molar-refractivity contribution in [3.8, 4) is 0 Å². The number of carbonyl (C=O) groups is 2. The molecular formula is C26H37N3O4S. The number of sulfonamides is 1. The summed E-state index contributed by atoms with van der Waals surface area (Å²) in [7, 11) is -3.75. The van der Waals surface area contributed by atoms with Crippen molar-refractivity contribution in [2.24, 2.45) is 0 Å². The number of aryl methyl sites for hydroxylation is 3. The van der Waals surface area contributed by atoms with Gasteiger partial charge in [0.1, 0.15) is 12.6 Å². The van der Waals surface area contributed by atoms with Gasteiger partial charge in [-0.1, -0.05) is 55.8 Å². The van der Waals surface area contributed by atoms with E-state index in [1.807, 2.05) is 70.2 Å². The number of rotatable bonds is 11. The van der Waals surface area contributed by atoms with Crippen molar-refractivity contribution in [1.82, 2.24) is 10.2 Å². The predicted octanol–water partition coefficient (Wildman–Crippen LogP) is 3.71. The van der Waals surface area contributed by atoms with Gasteiger partial charge in [-0.05, 0) is 56.4 Å². The van der Waals surface area contributed by atoms with Crippen LogP contribution in [-0.4, -0.2) is 50.5 Å². The minimum atomic E-state index is -3.75. The molecular weight excluding hydrogens is 450 g/mol. The molecule has 8 heteroatoms. The van der Waals surface area contributed by atoms with Gasteiger partial charge in [0.25, 0.3) is 0 Å². The average molecular weight is 488 g/mol. The SMILES string of the molecule is CCCCNC(=O)[C@H](C)N(Cc1ccccc1C)C(=O)CN(c1c(C)cccc1C)S(C)(=O)=O. The van der Waals surface area contributed by atoms with E-state index in [4.69, 9.17) is 0 Å². The van der Waals surface area contributed by atoms with Gasteiger partial charge in [-0.15, -0.1) is 0 Å². The third kappa shape index (κ3) is 7.06. The van der Waals surface area contributed by atoms with E-state index in [2.05, 4.69) is 5.32 Å². The van der Waals surface area contributed by atoms with E-state index >= 15 is 0 Å². The lowest BCUT2D eigenvalue weighted by Crippen LogP contribution is -2.51. The molecule has 0 saturated carbocycles. The maximum Gasteiger partial charge on any atom is 0.244 e. The van der Waals surface area contributed by atoms with E-state index in [9.17, 15) is 18.0 Å². The zero-order chi connectivity index (χ0) is 25.5. The van der Waals surface area contributed by atoms with Gasteiger partial charge in [-0.3, -0.25) is 13.9 Å². The molecule has 0 unspecified atom stereocenters. The molecule has 186 valence electrons. The summed E-state index contributed by atoms with van der Waals surface area (Å²) in [5, 5.41) is 2.89. The lowest BCUT2D eigenvalue weighted by Gasteiger charge is -2.32. The summed E-state index contributed by atoms with van der Waals surface area (Å²) in [6, 6.07) is 12.4. The molecule has 34 heavy (non-hydrogen) atoms. The Labute approximate surface area is 204 Å². The second-order valence-corrected chi connectivity index (χ2v) is 10.7. The second-order valence-electron chi connectivity index (χ2n) is 8.78. The van der Waals surface area contributed by atoms with Gasteiger partial charge >= 0.3 is 0 Å². The molecule has 0 bridgehead atoms. The Morgan fingerprint density at radius 2 is 1.56 bits per heavy atom. The lowest BCUT2D eigenvalue weighted by atomic mass is 10.1. The van der Waals surface area contributed by atoms with Gasteiger partial charge in [0.05, 0.1) is 11.9 Å². The summed E-state index contributed by atoms with van der Waals surface area (Å²) >= 11 is 0. The Balaban J connectivity index is 2.42. The maximum atomic E-state index is 13.6. The molecule has 0 spiro atoms. The molecule has 0 heterocycles. The Hall–Kier alpha value is -2.87. The van der Waals surface area contributed by atoms with Crippen LogP contribution < -0.4 is 9.62 Å². The van der Waals surface area contributed by atoms with Crippen LogP contribution in [0.4, 0.5) is 5.69 Å². The van der Waals surface area contributed by atoms with Gasteiger partial charge in [-0.25, -0.2) is 8.42 Å². The number of amides is 2. The van der Waals surface area contributed by atoms with Crippen LogP contribution in [0.15, 0.2) is 42.5 Å². The number of nitrogens with one attached hydrogen (secondary N) is 1. The van der Waals surface area contributed by atoms with Crippen molar-refractivity contribution in [3.05, 3.63) is 64.7 Å². The Bertz CT molecular complexity index is 1090. The smallest absolute Gasteiger partial charge is 0.244 e. The monoisotopic (exact) mass is 487 g/mol. The summed E-state index contributed by atoms with van der Waals surface area (Å²) in [6.45, 7) is 9.66. The Kier molecular flexibility index (Phi) is 9.67. The van der Waals surface area contributed by atoms with Crippen LogP contribution in [0.3, 0.4) is 0 Å². The Morgan fingerprint density at radius 1 is 0.971 bits per heavy atom. The number of para-hydroxylation sites is 1. The summed E-state index contributed by atoms with van der Waals surface area (Å²) < 4.78 is 26.7. The van der Waals surface area contributed by atoms with Crippen molar-refractivity contribution in [3.63, 3.8) is 0 Å². The van der Waals surface area contributed by atoms with Gasteiger partial charge in [0.15, 0.2) is 0 Å². The first kappa shape index (κ1) is 27.4. The fraction of sp³-hybridized carbons (Fsp3) is 0.462. The van der Waals surface area contributed by atoms with Crippen LogP contribution in [0.25, 0.3) is 0 Å². The largest absolute Gasteiger partial charge is 0.354 e. The summed E-state index contributed by atoms with van der Waals surface area (Å²) in [5.41, 5.74) is 3.91. The van der Waals surface area contributed by atoms with E-state index < -0.39 is 22.0 Å². The zero-order valence-corrected chi connectivity index (χ0v) is 21.9.